The Morgan fingerprint density at radius 2 is 2.08 bits per heavy atom. The van der Waals surface area contributed by atoms with Crippen molar-refractivity contribution in [3.8, 4) is 11.5 Å². The summed E-state index contributed by atoms with van der Waals surface area (Å²) in [5.74, 6) is 0.602. The summed E-state index contributed by atoms with van der Waals surface area (Å²) in [6, 6.07) is 10.2. The Morgan fingerprint density at radius 1 is 1.16 bits per heavy atom. The van der Waals surface area contributed by atoms with Crippen molar-refractivity contribution in [3.63, 3.8) is 0 Å². The summed E-state index contributed by atoms with van der Waals surface area (Å²) >= 11 is 0. The molecule has 0 saturated carbocycles. The Hall–Kier alpha value is -3.68. The summed E-state index contributed by atoms with van der Waals surface area (Å²) in [7, 11) is 0. The maximum Gasteiger partial charge on any atom is 0.261 e. The molecular formula is C17H13N5O3. The van der Waals surface area contributed by atoms with Crippen LogP contribution in [0.2, 0.25) is 0 Å². The highest BCUT2D eigenvalue weighted by molar-refractivity contribution is 5.94. The minimum absolute atomic E-state index is 0.0181. The Morgan fingerprint density at radius 3 is 2.84 bits per heavy atom. The molecule has 0 aromatic carbocycles. The maximum absolute atomic E-state index is 12.2. The van der Waals surface area contributed by atoms with E-state index in [1.54, 1.807) is 30.5 Å². The predicted molar refractivity (Wildman–Crippen MR) is 89.8 cm³/mol. The van der Waals surface area contributed by atoms with Gasteiger partial charge in [-0.25, -0.2) is 9.97 Å². The molecular weight excluding hydrogens is 322 g/mol. The number of aromatic nitrogens is 4. The third kappa shape index (κ3) is 2.92. The Balaban J connectivity index is 1.50. The van der Waals surface area contributed by atoms with Crippen molar-refractivity contribution >= 4 is 17.1 Å². The van der Waals surface area contributed by atoms with Crippen molar-refractivity contribution in [1.82, 2.24) is 25.3 Å². The Bertz CT molecular complexity index is 1060. The van der Waals surface area contributed by atoms with Crippen LogP contribution in [-0.4, -0.2) is 25.8 Å². The summed E-state index contributed by atoms with van der Waals surface area (Å²) in [6.07, 6.45) is 3.15. The summed E-state index contributed by atoms with van der Waals surface area (Å²) in [5, 5.41) is 2.67. The summed E-state index contributed by atoms with van der Waals surface area (Å²) in [6.45, 7) is 0.161. The molecule has 4 rings (SSSR count). The van der Waals surface area contributed by atoms with Crippen LogP contribution in [0.15, 0.2) is 58.1 Å². The number of hydrogen-bond donors (Lipinski definition) is 3. The maximum atomic E-state index is 12.2. The SMILES string of the molecule is O=C(NCc1nc2ncccc2[nH]1)c1ccc(-c2ccco2)[nH]c1=O. The zero-order valence-electron chi connectivity index (χ0n) is 12.9. The highest BCUT2D eigenvalue weighted by Crippen LogP contribution is 2.15. The van der Waals surface area contributed by atoms with E-state index < -0.39 is 11.5 Å². The van der Waals surface area contributed by atoms with Gasteiger partial charge in [0.1, 0.15) is 17.1 Å². The van der Waals surface area contributed by atoms with Gasteiger partial charge in [-0.1, -0.05) is 0 Å². The standard InChI is InChI=1S/C17H13N5O3/c23-16(19-9-14-20-12-3-1-7-18-15(12)22-14)10-5-6-11(21-17(10)24)13-4-2-8-25-13/h1-8H,9H2,(H,19,23)(H,21,24)(H,18,20,22). The van der Waals surface area contributed by atoms with Crippen LogP contribution >= 0.6 is 0 Å². The molecule has 4 heterocycles. The molecule has 0 aliphatic heterocycles. The monoisotopic (exact) mass is 335 g/mol. The van der Waals surface area contributed by atoms with Gasteiger partial charge in [0.2, 0.25) is 0 Å². The molecule has 4 aromatic rings. The number of pyridine rings is 2. The van der Waals surface area contributed by atoms with Crippen LogP contribution in [0.25, 0.3) is 22.6 Å². The number of nitrogens with one attached hydrogen (secondary N) is 3. The zero-order valence-corrected chi connectivity index (χ0v) is 12.9. The lowest BCUT2D eigenvalue weighted by Gasteiger charge is -2.03. The van der Waals surface area contributed by atoms with Gasteiger partial charge < -0.3 is 19.7 Å². The van der Waals surface area contributed by atoms with Gasteiger partial charge in [-0.05, 0) is 36.4 Å². The second-order valence-electron chi connectivity index (χ2n) is 5.33. The predicted octanol–water partition coefficient (Wildman–Crippen LogP) is 1.84. The van der Waals surface area contributed by atoms with Gasteiger partial charge >= 0.3 is 0 Å². The minimum Gasteiger partial charge on any atom is -0.463 e. The van der Waals surface area contributed by atoms with Gasteiger partial charge in [-0.2, -0.15) is 0 Å². The second-order valence-corrected chi connectivity index (χ2v) is 5.33. The van der Waals surface area contributed by atoms with E-state index in [0.717, 1.165) is 5.52 Å². The molecule has 0 aliphatic rings. The molecule has 25 heavy (non-hydrogen) atoms. The van der Waals surface area contributed by atoms with Gasteiger partial charge in [0.05, 0.1) is 24.0 Å². The van der Waals surface area contributed by atoms with Gasteiger partial charge in [0.25, 0.3) is 11.5 Å². The Labute approximate surface area is 140 Å². The van der Waals surface area contributed by atoms with Crippen molar-refractivity contribution in [2.45, 2.75) is 6.54 Å². The van der Waals surface area contributed by atoms with E-state index in [4.69, 9.17) is 4.42 Å². The molecule has 0 saturated heterocycles. The normalized spacial score (nSPS) is 10.9. The molecule has 0 fully saturated rings. The molecule has 3 N–H and O–H groups in total. The number of rotatable bonds is 4. The topological polar surface area (TPSA) is 117 Å². The Kier molecular flexibility index (Phi) is 3.62. The molecule has 0 radical (unpaired) electrons. The van der Waals surface area contributed by atoms with E-state index in [0.29, 0.717) is 22.9 Å². The molecule has 8 heteroatoms. The van der Waals surface area contributed by atoms with Crippen LogP contribution in [0.1, 0.15) is 16.2 Å². The average Bonchev–Trinajstić information content (AvgIpc) is 3.28. The van der Waals surface area contributed by atoms with Gasteiger partial charge in [-0.3, -0.25) is 9.59 Å². The van der Waals surface area contributed by atoms with Crippen molar-refractivity contribution in [2.24, 2.45) is 0 Å². The molecule has 124 valence electrons. The second kappa shape index (κ2) is 6.08. The first-order valence-electron chi connectivity index (χ1n) is 7.56. The van der Waals surface area contributed by atoms with Crippen LogP contribution in [0.4, 0.5) is 0 Å². The molecule has 0 atom stereocenters. The number of carbonyl (C=O) groups excluding carboxylic acids is 1. The first kappa shape index (κ1) is 14.9. The van der Waals surface area contributed by atoms with Gasteiger partial charge in [0, 0.05) is 6.20 Å². The van der Waals surface area contributed by atoms with E-state index >= 15 is 0 Å². The molecule has 0 unspecified atom stereocenters. The fourth-order valence-electron chi connectivity index (χ4n) is 2.47. The average molecular weight is 335 g/mol. The lowest BCUT2D eigenvalue weighted by atomic mass is 10.2. The lowest BCUT2D eigenvalue weighted by Crippen LogP contribution is -2.29. The number of amides is 1. The first-order chi connectivity index (χ1) is 12.2. The smallest absolute Gasteiger partial charge is 0.261 e. The summed E-state index contributed by atoms with van der Waals surface area (Å²) in [4.78, 5) is 38.5. The lowest BCUT2D eigenvalue weighted by molar-refractivity contribution is 0.0948. The van der Waals surface area contributed by atoms with Crippen molar-refractivity contribution in [1.29, 1.82) is 0 Å². The summed E-state index contributed by atoms with van der Waals surface area (Å²) < 4.78 is 5.22. The highest BCUT2D eigenvalue weighted by atomic mass is 16.3. The zero-order chi connectivity index (χ0) is 17.2. The third-order valence-corrected chi connectivity index (χ3v) is 3.66. The molecule has 0 bridgehead atoms. The molecule has 4 aromatic heterocycles. The van der Waals surface area contributed by atoms with Crippen molar-refractivity contribution in [3.05, 3.63) is 70.6 Å². The fraction of sp³-hybridized carbons (Fsp3) is 0.0588. The minimum atomic E-state index is -0.488. The van der Waals surface area contributed by atoms with Crippen molar-refractivity contribution in [2.75, 3.05) is 0 Å². The number of carbonyl (C=O) groups is 1. The van der Waals surface area contributed by atoms with Crippen LogP contribution in [-0.2, 0) is 6.54 Å². The van der Waals surface area contributed by atoms with Crippen molar-refractivity contribution < 1.29 is 9.21 Å². The number of H-pyrrole nitrogens is 2. The number of nitrogens with zero attached hydrogens (tertiary/aromatic N) is 2. The fourth-order valence-corrected chi connectivity index (χ4v) is 2.47. The number of furan rings is 1. The van der Waals surface area contributed by atoms with Crippen LogP contribution in [0, 0.1) is 0 Å². The first-order valence-corrected chi connectivity index (χ1v) is 7.56. The molecule has 0 aliphatic carbocycles. The quantitative estimate of drug-likeness (QED) is 0.526. The number of imidazole rings is 1. The van der Waals surface area contributed by atoms with E-state index in [1.165, 1.54) is 12.3 Å². The molecule has 1 amide bonds. The number of hydrogen-bond acceptors (Lipinski definition) is 5. The third-order valence-electron chi connectivity index (χ3n) is 3.66. The molecule has 0 spiro atoms. The van der Waals surface area contributed by atoms with E-state index in [9.17, 15) is 9.59 Å². The van der Waals surface area contributed by atoms with E-state index in [1.807, 2.05) is 6.07 Å². The number of fused-ring (bicyclic) bond motifs is 1. The van der Waals surface area contributed by atoms with E-state index in [-0.39, 0.29) is 12.1 Å². The van der Waals surface area contributed by atoms with Crippen LogP contribution < -0.4 is 10.9 Å². The van der Waals surface area contributed by atoms with Gasteiger partial charge in [-0.15, -0.1) is 0 Å². The highest BCUT2D eigenvalue weighted by Gasteiger charge is 2.13. The van der Waals surface area contributed by atoms with Crippen LogP contribution in [0.5, 0.6) is 0 Å². The van der Waals surface area contributed by atoms with E-state index in [2.05, 4.69) is 25.3 Å². The largest absolute Gasteiger partial charge is 0.463 e. The number of aromatic amines is 2. The van der Waals surface area contributed by atoms with Crippen LogP contribution in [0.3, 0.4) is 0 Å². The molecule has 8 nitrogen and oxygen atoms in total. The van der Waals surface area contributed by atoms with Gasteiger partial charge in [0.15, 0.2) is 5.65 Å². The summed E-state index contributed by atoms with van der Waals surface area (Å²) in [5.41, 5.74) is 1.40.